The highest BCUT2D eigenvalue weighted by atomic mass is 15.2. The van der Waals surface area contributed by atoms with E-state index in [2.05, 4.69) is 304 Å². The lowest BCUT2D eigenvalue weighted by atomic mass is 9.95. The van der Waals surface area contributed by atoms with Gasteiger partial charge in [0.1, 0.15) is 0 Å². The third-order valence-corrected chi connectivity index (χ3v) is 15.5. The number of allylic oxidation sites excluding steroid dienone is 6. The van der Waals surface area contributed by atoms with Crippen molar-refractivity contribution in [1.82, 2.24) is 9.13 Å². The van der Waals surface area contributed by atoms with Gasteiger partial charge < -0.3 is 18.9 Å². The summed E-state index contributed by atoms with van der Waals surface area (Å²) >= 11 is 0. The maximum atomic E-state index is 2.53. The van der Waals surface area contributed by atoms with E-state index >= 15 is 0 Å². The Bertz CT molecular complexity index is 4210. The predicted molar refractivity (Wildman–Crippen MR) is 323 cm³/mol. The molecule has 0 amide bonds. The van der Waals surface area contributed by atoms with Gasteiger partial charge in [-0.2, -0.15) is 0 Å². The van der Waals surface area contributed by atoms with Gasteiger partial charge in [0.2, 0.25) is 0 Å². The molecule has 0 spiro atoms. The number of para-hydroxylation sites is 3. The maximum Gasteiger partial charge on any atom is 0.0560 e. The summed E-state index contributed by atoms with van der Waals surface area (Å²) < 4.78 is 4.86. The minimum absolute atomic E-state index is 0.0969. The van der Waals surface area contributed by atoms with Gasteiger partial charge in [0, 0.05) is 61.4 Å². The summed E-state index contributed by atoms with van der Waals surface area (Å²) in [6.07, 6.45) is 16.8. The lowest BCUT2D eigenvalue weighted by Gasteiger charge is -2.33. The van der Waals surface area contributed by atoms with Gasteiger partial charge in [-0.15, -0.1) is 0 Å². The summed E-state index contributed by atoms with van der Waals surface area (Å²) in [5.41, 5.74) is 20.2. The van der Waals surface area contributed by atoms with Crippen molar-refractivity contribution in [1.29, 1.82) is 0 Å². The lowest BCUT2D eigenvalue weighted by molar-refractivity contribution is 0.787. The normalized spacial score (nSPS) is 14.3. The van der Waals surface area contributed by atoms with E-state index in [0.29, 0.717) is 0 Å². The molecule has 2 aromatic heterocycles. The summed E-state index contributed by atoms with van der Waals surface area (Å²) in [6.45, 7) is 0. The van der Waals surface area contributed by atoms with Crippen molar-refractivity contribution in [3.8, 4) is 27.9 Å². The van der Waals surface area contributed by atoms with Crippen LogP contribution in [0.3, 0.4) is 0 Å². The van der Waals surface area contributed by atoms with Crippen LogP contribution in [-0.2, 0) is 0 Å². The van der Waals surface area contributed by atoms with E-state index in [0.717, 1.165) is 42.0 Å². The standard InChI is InChI=1S/C72H54N4/c1-5-17-51(18-6-1)53-29-37-59(38-30-53)73(63-45-47-71-67(49-63)65-25-13-15-27-69(65)75(71)57-21-9-3-10-22-57)61-41-33-55(34-42-61)56-35-43-62(44-36-56)74(60-39-31-54(32-40-60)52-19-7-2-8-20-52)64-46-48-72-68(50-64)66-26-14-16-28-70(66)76(72)58-23-11-4-12-24-58/h1-11,13-23,25-43,45-50,62H,12,24,44H2. The quantitative estimate of drug-likeness (QED) is 0.128. The van der Waals surface area contributed by atoms with Crippen molar-refractivity contribution >= 4 is 83.3 Å². The van der Waals surface area contributed by atoms with Crippen LogP contribution in [0.4, 0.5) is 28.4 Å². The molecule has 10 aromatic carbocycles. The van der Waals surface area contributed by atoms with Gasteiger partial charge in [-0.3, -0.25) is 0 Å². The van der Waals surface area contributed by atoms with Crippen molar-refractivity contribution in [2.24, 2.45) is 0 Å². The minimum atomic E-state index is 0.0969. The molecule has 76 heavy (non-hydrogen) atoms. The van der Waals surface area contributed by atoms with E-state index in [1.54, 1.807) is 0 Å². The highest BCUT2D eigenvalue weighted by Crippen LogP contribution is 2.43. The molecule has 0 saturated carbocycles. The lowest BCUT2D eigenvalue weighted by Crippen LogP contribution is -2.30. The van der Waals surface area contributed by atoms with Gasteiger partial charge >= 0.3 is 0 Å². The SMILES string of the molecule is C1=CCCC(n2c3ccccc3c3cc(N(c4ccc(-c5ccccc5)cc4)C4C=CC(c5ccc(N(c6ccc(-c7ccccc7)cc6)c6ccc7c(c6)c6ccccc6n7-c6ccccc6)cc5)=CC4)ccc32)=C1. The Morgan fingerprint density at radius 1 is 0.382 bits per heavy atom. The van der Waals surface area contributed by atoms with Gasteiger partial charge in [0.25, 0.3) is 0 Å². The molecule has 0 saturated heterocycles. The van der Waals surface area contributed by atoms with Crippen molar-refractivity contribution in [2.75, 3.05) is 9.80 Å². The molecule has 2 aliphatic carbocycles. The Morgan fingerprint density at radius 2 is 0.855 bits per heavy atom. The first-order valence-electron chi connectivity index (χ1n) is 26.6. The topological polar surface area (TPSA) is 16.3 Å². The first kappa shape index (κ1) is 45.0. The van der Waals surface area contributed by atoms with E-state index in [1.165, 1.54) is 94.1 Å². The molecule has 1 unspecified atom stereocenters. The van der Waals surface area contributed by atoms with Gasteiger partial charge in [-0.05, 0) is 156 Å². The van der Waals surface area contributed by atoms with E-state index in [1.807, 2.05) is 0 Å². The van der Waals surface area contributed by atoms with Crippen LogP contribution >= 0.6 is 0 Å². The molecule has 0 bridgehead atoms. The molecule has 12 aromatic rings. The minimum Gasteiger partial charge on any atom is -0.334 e. The average molecular weight is 975 g/mol. The van der Waals surface area contributed by atoms with Crippen molar-refractivity contribution in [2.45, 2.75) is 25.3 Å². The summed E-state index contributed by atoms with van der Waals surface area (Å²) in [5.74, 6) is 0. The number of rotatable bonds is 11. The highest BCUT2D eigenvalue weighted by molar-refractivity contribution is 6.12. The highest BCUT2D eigenvalue weighted by Gasteiger charge is 2.24. The Kier molecular flexibility index (Phi) is 11.4. The monoisotopic (exact) mass is 974 g/mol. The average Bonchev–Trinajstić information content (AvgIpc) is 4.02. The molecular weight excluding hydrogens is 921 g/mol. The number of fused-ring (bicyclic) bond motifs is 6. The van der Waals surface area contributed by atoms with E-state index in [9.17, 15) is 0 Å². The molecule has 0 N–H and O–H groups in total. The van der Waals surface area contributed by atoms with Crippen LogP contribution in [-0.4, -0.2) is 15.2 Å². The van der Waals surface area contributed by atoms with Crippen LogP contribution < -0.4 is 9.80 Å². The Morgan fingerprint density at radius 3 is 1.43 bits per heavy atom. The number of hydrogen-bond acceptors (Lipinski definition) is 2. The van der Waals surface area contributed by atoms with Crippen molar-refractivity contribution < 1.29 is 0 Å². The van der Waals surface area contributed by atoms with Crippen LogP contribution in [0.5, 0.6) is 0 Å². The summed E-state index contributed by atoms with van der Waals surface area (Å²) in [4.78, 5) is 4.93. The van der Waals surface area contributed by atoms with Crippen LogP contribution in [0.2, 0.25) is 0 Å². The van der Waals surface area contributed by atoms with Crippen LogP contribution in [0, 0.1) is 0 Å². The molecule has 14 rings (SSSR count). The van der Waals surface area contributed by atoms with E-state index < -0.39 is 0 Å². The zero-order chi connectivity index (χ0) is 50.4. The fourth-order valence-electron chi connectivity index (χ4n) is 11.8. The Labute approximate surface area is 444 Å². The fourth-order valence-corrected chi connectivity index (χ4v) is 11.8. The van der Waals surface area contributed by atoms with Crippen LogP contribution in [0.25, 0.3) is 82.8 Å². The molecule has 0 fully saturated rings. The number of nitrogens with zero attached hydrogens (tertiary/aromatic N) is 4. The first-order chi connectivity index (χ1) is 37.7. The van der Waals surface area contributed by atoms with E-state index in [-0.39, 0.29) is 6.04 Å². The maximum absolute atomic E-state index is 2.53. The molecule has 1 atom stereocenters. The smallest absolute Gasteiger partial charge is 0.0560 e. The summed E-state index contributed by atoms with van der Waals surface area (Å²) in [5, 5.41) is 4.99. The van der Waals surface area contributed by atoms with Crippen molar-refractivity contribution in [3.63, 3.8) is 0 Å². The van der Waals surface area contributed by atoms with Crippen LogP contribution in [0.15, 0.2) is 285 Å². The largest absolute Gasteiger partial charge is 0.334 e. The molecule has 4 nitrogen and oxygen atoms in total. The molecular formula is C72H54N4. The van der Waals surface area contributed by atoms with Crippen molar-refractivity contribution in [3.05, 3.63) is 291 Å². The molecule has 0 radical (unpaired) electrons. The zero-order valence-corrected chi connectivity index (χ0v) is 42.1. The first-order valence-corrected chi connectivity index (χ1v) is 26.6. The fraction of sp³-hybridized carbons (Fsp3) is 0.0556. The zero-order valence-electron chi connectivity index (χ0n) is 42.1. The second-order valence-corrected chi connectivity index (χ2v) is 20.0. The number of hydrogen-bond donors (Lipinski definition) is 0. The molecule has 362 valence electrons. The Hall–Kier alpha value is -9.64. The van der Waals surface area contributed by atoms with Gasteiger partial charge in [-0.25, -0.2) is 0 Å². The molecule has 2 aliphatic rings. The predicted octanol–water partition coefficient (Wildman–Crippen LogP) is 19.4. The van der Waals surface area contributed by atoms with Crippen LogP contribution in [0.1, 0.15) is 24.8 Å². The molecule has 4 heteroatoms. The third kappa shape index (κ3) is 8.12. The van der Waals surface area contributed by atoms with Gasteiger partial charge in [-0.1, -0.05) is 182 Å². The second kappa shape index (κ2) is 19.3. The second-order valence-electron chi connectivity index (χ2n) is 20.0. The molecule has 0 aliphatic heterocycles. The Balaban J connectivity index is 0.815. The van der Waals surface area contributed by atoms with Gasteiger partial charge in [0.05, 0.1) is 28.1 Å². The molecule has 2 heterocycles. The third-order valence-electron chi connectivity index (χ3n) is 15.5. The van der Waals surface area contributed by atoms with E-state index in [4.69, 9.17) is 0 Å². The van der Waals surface area contributed by atoms with Gasteiger partial charge in [0.15, 0.2) is 0 Å². The number of benzene rings is 10. The summed E-state index contributed by atoms with van der Waals surface area (Å²) in [7, 11) is 0. The number of anilines is 5. The number of aromatic nitrogens is 2. The summed E-state index contributed by atoms with van der Waals surface area (Å²) in [6, 6.07) is 91.0.